The molecule has 0 bridgehead atoms. The predicted molar refractivity (Wildman–Crippen MR) is 75.4 cm³/mol. The Hall–Kier alpha value is -0.350. The van der Waals surface area contributed by atoms with Gasteiger partial charge < -0.3 is 13.8 Å². The third kappa shape index (κ3) is 5.11. The monoisotopic (exact) mass is 336 g/mol. The van der Waals surface area contributed by atoms with Crippen LogP contribution in [-0.4, -0.2) is 26.0 Å². The van der Waals surface area contributed by atoms with Crippen LogP contribution in [0.4, 0.5) is 0 Å². The Balaban J connectivity index is 2.49. The Bertz CT molecular complexity index is 401. The maximum absolute atomic E-state index is 12.2. The predicted octanol–water partition coefficient (Wildman–Crippen LogP) is 4.09. The summed E-state index contributed by atoms with van der Waals surface area (Å²) in [7, 11) is -3.01. The van der Waals surface area contributed by atoms with Gasteiger partial charge in [-0.25, -0.2) is 0 Å². The molecule has 18 heavy (non-hydrogen) atoms. The number of rotatable bonds is 8. The molecule has 0 aliphatic carbocycles. The van der Waals surface area contributed by atoms with E-state index in [0.29, 0.717) is 19.8 Å². The highest BCUT2D eigenvalue weighted by Crippen LogP contribution is 2.47. The van der Waals surface area contributed by atoms with E-state index in [1.165, 1.54) is 0 Å². The van der Waals surface area contributed by atoms with Crippen molar-refractivity contribution in [3.63, 3.8) is 0 Å². The maximum atomic E-state index is 12.2. The zero-order valence-electron chi connectivity index (χ0n) is 10.6. The smallest absolute Gasteiger partial charge is 0.334 e. The number of para-hydroxylation sites is 1. The normalized spacial score (nSPS) is 11.5. The van der Waals surface area contributed by atoms with Gasteiger partial charge in [0, 0.05) is 0 Å². The molecule has 0 fully saturated rings. The van der Waals surface area contributed by atoms with Crippen molar-refractivity contribution in [2.24, 2.45) is 0 Å². The minimum Gasteiger partial charge on any atom is -0.492 e. The summed E-state index contributed by atoms with van der Waals surface area (Å²) < 4.78 is 28.9. The lowest BCUT2D eigenvalue weighted by atomic mass is 10.3. The van der Waals surface area contributed by atoms with Crippen LogP contribution in [0, 0.1) is 0 Å². The van der Waals surface area contributed by atoms with Gasteiger partial charge in [-0.2, -0.15) is 0 Å². The van der Waals surface area contributed by atoms with E-state index >= 15 is 0 Å². The third-order valence-corrected chi connectivity index (χ3v) is 4.80. The summed E-state index contributed by atoms with van der Waals surface area (Å²) in [6, 6.07) is 7.52. The molecule has 1 rings (SSSR count). The summed E-state index contributed by atoms with van der Waals surface area (Å²) in [6.45, 7) is 4.61. The molecule has 0 saturated carbocycles. The topological polar surface area (TPSA) is 44.8 Å². The Kier molecular flexibility index (Phi) is 6.94. The van der Waals surface area contributed by atoms with Crippen molar-refractivity contribution in [2.45, 2.75) is 13.8 Å². The SMILES string of the molecule is CCOP(=O)(CCOc1ccccc1Br)OCC. The van der Waals surface area contributed by atoms with Crippen molar-refractivity contribution in [1.82, 2.24) is 0 Å². The molecule has 4 nitrogen and oxygen atoms in total. The van der Waals surface area contributed by atoms with E-state index in [2.05, 4.69) is 15.9 Å². The summed E-state index contributed by atoms with van der Waals surface area (Å²) in [6.07, 6.45) is 0.246. The second-order valence-electron chi connectivity index (χ2n) is 3.45. The van der Waals surface area contributed by atoms with Gasteiger partial charge in [-0.1, -0.05) is 12.1 Å². The number of hydrogen-bond donors (Lipinski definition) is 0. The number of ether oxygens (including phenoxy) is 1. The molecule has 0 aromatic heterocycles. The number of halogens is 1. The maximum Gasteiger partial charge on any atom is 0.334 e. The first-order chi connectivity index (χ1) is 8.61. The molecule has 1 aromatic carbocycles. The lowest BCUT2D eigenvalue weighted by Crippen LogP contribution is -2.08. The second-order valence-corrected chi connectivity index (χ2v) is 6.49. The summed E-state index contributed by atoms with van der Waals surface area (Å²) >= 11 is 3.38. The minimum absolute atomic E-state index is 0.246. The van der Waals surface area contributed by atoms with Gasteiger partial charge >= 0.3 is 7.60 Å². The quantitative estimate of drug-likeness (QED) is 0.670. The molecule has 0 amide bonds. The molecule has 0 radical (unpaired) electrons. The molecule has 0 spiro atoms. The van der Waals surface area contributed by atoms with Crippen LogP contribution in [0.15, 0.2) is 28.7 Å². The highest BCUT2D eigenvalue weighted by atomic mass is 79.9. The van der Waals surface area contributed by atoms with Crippen molar-refractivity contribution >= 4 is 23.5 Å². The Morgan fingerprint density at radius 2 is 1.78 bits per heavy atom. The van der Waals surface area contributed by atoms with E-state index in [4.69, 9.17) is 13.8 Å². The fourth-order valence-corrected chi connectivity index (χ4v) is 3.22. The van der Waals surface area contributed by atoms with Gasteiger partial charge in [0.2, 0.25) is 0 Å². The largest absolute Gasteiger partial charge is 0.492 e. The standard InChI is InChI=1S/C12H18BrO4P/c1-3-16-18(14,17-4-2)10-9-15-12-8-6-5-7-11(12)13/h5-8H,3-4,9-10H2,1-2H3. The van der Waals surface area contributed by atoms with Gasteiger partial charge in [0.05, 0.1) is 30.5 Å². The molecule has 0 aliphatic rings. The fraction of sp³-hybridized carbons (Fsp3) is 0.500. The van der Waals surface area contributed by atoms with Crippen LogP contribution in [0.25, 0.3) is 0 Å². The summed E-state index contributed by atoms with van der Waals surface area (Å²) in [4.78, 5) is 0. The van der Waals surface area contributed by atoms with Gasteiger partial charge in [0.25, 0.3) is 0 Å². The summed E-state index contributed by atoms with van der Waals surface area (Å²) in [5.74, 6) is 0.719. The molecule has 6 heteroatoms. The van der Waals surface area contributed by atoms with Gasteiger partial charge in [-0.05, 0) is 41.9 Å². The van der Waals surface area contributed by atoms with E-state index in [-0.39, 0.29) is 6.16 Å². The van der Waals surface area contributed by atoms with Crippen LogP contribution >= 0.6 is 23.5 Å². The first-order valence-electron chi connectivity index (χ1n) is 5.86. The van der Waals surface area contributed by atoms with Gasteiger partial charge in [0.15, 0.2) is 0 Å². The van der Waals surface area contributed by atoms with Crippen molar-refractivity contribution in [1.29, 1.82) is 0 Å². The van der Waals surface area contributed by atoms with Gasteiger partial charge in [-0.3, -0.25) is 4.57 Å². The first kappa shape index (κ1) is 15.7. The Labute approximate surface area is 116 Å². The van der Waals surface area contributed by atoms with Crippen LogP contribution in [-0.2, 0) is 13.6 Å². The molecule has 0 unspecified atom stereocenters. The van der Waals surface area contributed by atoms with Gasteiger partial charge in [0.1, 0.15) is 5.75 Å². The van der Waals surface area contributed by atoms with Crippen molar-refractivity contribution in [3.05, 3.63) is 28.7 Å². The first-order valence-corrected chi connectivity index (χ1v) is 8.39. The highest BCUT2D eigenvalue weighted by molar-refractivity contribution is 9.10. The van der Waals surface area contributed by atoms with E-state index < -0.39 is 7.60 Å². The van der Waals surface area contributed by atoms with E-state index in [0.717, 1.165) is 10.2 Å². The molecule has 0 heterocycles. The molecule has 0 N–H and O–H groups in total. The average molecular weight is 337 g/mol. The minimum atomic E-state index is -3.01. The Morgan fingerprint density at radius 1 is 1.17 bits per heavy atom. The number of hydrogen-bond acceptors (Lipinski definition) is 4. The lowest BCUT2D eigenvalue weighted by Gasteiger charge is -2.17. The van der Waals surface area contributed by atoms with Crippen LogP contribution in [0.3, 0.4) is 0 Å². The average Bonchev–Trinajstić information content (AvgIpc) is 2.32. The van der Waals surface area contributed by atoms with Crippen LogP contribution < -0.4 is 4.74 Å². The van der Waals surface area contributed by atoms with Crippen molar-refractivity contribution in [2.75, 3.05) is 26.0 Å². The molecule has 1 aromatic rings. The molecule has 0 saturated heterocycles. The zero-order chi connectivity index (χ0) is 13.4. The lowest BCUT2D eigenvalue weighted by molar-refractivity contribution is 0.213. The summed E-state index contributed by atoms with van der Waals surface area (Å²) in [5, 5.41) is 0. The van der Waals surface area contributed by atoms with Crippen LogP contribution in [0.5, 0.6) is 5.75 Å². The van der Waals surface area contributed by atoms with E-state index in [9.17, 15) is 4.57 Å². The van der Waals surface area contributed by atoms with Crippen LogP contribution in [0.1, 0.15) is 13.8 Å². The second kappa shape index (κ2) is 7.95. The highest BCUT2D eigenvalue weighted by Gasteiger charge is 2.23. The molecule has 0 aliphatic heterocycles. The molecule has 0 atom stereocenters. The fourth-order valence-electron chi connectivity index (χ4n) is 1.39. The Morgan fingerprint density at radius 3 is 2.33 bits per heavy atom. The van der Waals surface area contributed by atoms with Crippen molar-refractivity contribution in [3.8, 4) is 5.75 Å². The van der Waals surface area contributed by atoms with Crippen molar-refractivity contribution < 1.29 is 18.3 Å². The molecular weight excluding hydrogens is 319 g/mol. The van der Waals surface area contributed by atoms with E-state index in [1.807, 2.05) is 24.3 Å². The number of benzene rings is 1. The van der Waals surface area contributed by atoms with E-state index in [1.54, 1.807) is 13.8 Å². The molecule has 102 valence electrons. The zero-order valence-corrected chi connectivity index (χ0v) is 13.1. The third-order valence-electron chi connectivity index (χ3n) is 2.11. The van der Waals surface area contributed by atoms with Crippen LogP contribution in [0.2, 0.25) is 0 Å². The summed E-state index contributed by atoms with van der Waals surface area (Å²) in [5.41, 5.74) is 0. The molecular formula is C12H18BrO4P. The van der Waals surface area contributed by atoms with Gasteiger partial charge in [-0.15, -0.1) is 0 Å².